The molecule has 2 amide bonds. The number of thiophene rings is 1. The third-order valence-corrected chi connectivity index (χ3v) is 6.72. The zero-order valence-electron chi connectivity index (χ0n) is 19.7. The van der Waals surface area contributed by atoms with E-state index in [2.05, 4.69) is 27.3 Å². The fraction of sp³-hybridized carbons (Fsp3) is 0.417. The van der Waals surface area contributed by atoms with E-state index in [1.807, 2.05) is 0 Å². The zero-order valence-corrected chi connectivity index (χ0v) is 20.5. The third kappa shape index (κ3) is 5.34. The van der Waals surface area contributed by atoms with Crippen molar-refractivity contribution in [3.8, 4) is 11.3 Å². The number of nitrogens with zero attached hydrogens (tertiary/aromatic N) is 3. The number of halogens is 2. The molecule has 11 heteroatoms. The first-order valence-electron chi connectivity index (χ1n) is 11.2. The number of aromatic nitrogens is 3. The monoisotopic (exact) mass is 503 g/mol. The number of alkyl halides is 2. The molecule has 0 bridgehead atoms. The summed E-state index contributed by atoms with van der Waals surface area (Å²) in [6.45, 7) is 8.87. The first kappa shape index (κ1) is 24.8. The standard InChI is InChI=1S/C24H27F2N5O3S/c1-5-17-14(16-13-27-19-9-7-11-28-31(16)19)12-18(35-17)21(32)30-20-15(8-6-10-24(20,25)26)29-22(33)34-23(2,3)4/h5,7,9,11-13,15,20H,1,6,8,10H2,2-4H3,(H,29,33)(H,30,32)/t15-,20-/m1/s1. The molecule has 35 heavy (non-hydrogen) atoms. The summed E-state index contributed by atoms with van der Waals surface area (Å²) < 4.78 is 36.6. The molecule has 2 atom stereocenters. The molecule has 0 unspecified atom stereocenters. The molecule has 0 aromatic carbocycles. The van der Waals surface area contributed by atoms with E-state index >= 15 is 0 Å². The molecule has 0 aliphatic heterocycles. The van der Waals surface area contributed by atoms with E-state index < -0.39 is 35.6 Å². The van der Waals surface area contributed by atoms with Crippen LogP contribution in [0.25, 0.3) is 23.0 Å². The lowest BCUT2D eigenvalue weighted by molar-refractivity contribution is -0.0723. The Hall–Kier alpha value is -3.34. The largest absolute Gasteiger partial charge is 0.444 e. The number of fused-ring (bicyclic) bond motifs is 1. The number of carbonyl (C=O) groups is 2. The van der Waals surface area contributed by atoms with Crippen LogP contribution in [0.15, 0.2) is 37.2 Å². The number of nitrogens with one attached hydrogen (secondary N) is 2. The van der Waals surface area contributed by atoms with Crippen LogP contribution in [0.2, 0.25) is 0 Å². The Morgan fingerprint density at radius 2 is 2.11 bits per heavy atom. The first-order valence-corrected chi connectivity index (χ1v) is 12.0. The molecule has 0 spiro atoms. The first-order chi connectivity index (χ1) is 16.5. The smallest absolute Gasteiger partial charge is 0.407 e. The Morgan fingerprint density at radius 1 is 1.34 bits per heavy atom. The van der Waals surface area contributed by atoms with Gasteiger partial charge in [0.05, 0.1) is 22.8 Å². The number of imidazole rings is 1. The number of carbonyl (C=O) groups excluding carboxylic acids is 2. The van der Waals surface area contributed by atoms with Gasteiger partial charge in [0, 0.05) is 23.1 Å². The van der Waals surface area contributed by atoms with Crippen molar-refractivity contribution in [3.63, 3.8) is 0 Å². The van der Waals surface area contributed by atoms with Crippen LogP contribution in [0.3, 0.4) is 0 Å². The summed E-state index contributed by atoms with van der Waals surface area (Å²) >= 11 is 1.13. The van der Waals surface area contributed by atoms with E-state index in [4.69, 9.17) is 4.74 Å². The number of hydrogen-bond donors (Lipinski definition) is 2. The lowest BCUT2D eigenvalue weighted by atomic mass is 9.86. The summed E-state index contributed by atoms with van der Waals surface area (Å²) in [4.78, 5) is 30.6. The highest BCUT2D eigenvalue weighted by Crippen LogP contribution is 2.36. The van der Waals surface area contributed by atoms with Crippen LogP contribution in [0.1, 0.15) is 54.6 Å². The number of alkyl carbamates (subject to hydrolysis) is 1. The van der Waals surface area contributed by atoms with Gasteiger partial charge < -0.3 is 15.4 Å². The van der Waals surface area contributed by atoms with Crippen molar-refractivity contribution in [1.82, 2.24) is 25.2 Å². The summed E-state index contributed by atoms with van der Waals surface area (Å²) in [6, 6.07) is 2.63. The van der Waals surface area contributed by atoms with E-state index in [1.54, 1.807) is 62.0 Å². The van der Waals surface area contributed by atoms with E-state index in [9.17, 15) is 18.4 Å². The van der Waals surface area contributed by atoms with Crippen molar-refractivity contribution >= 4 is 35.1 Å². The maximum absolute atomic E-state index is 14.9. The van der Waals surface area contributed by atoms with Crippen molar-refractivity contribution in [2.45, 2.75) is 63.6 Å². The summed E-state index contributed by atoms with van der Waals surface area (Å²) in [5.74, 6) is -3.85. The van der Waals surface area contributed by atoms with Crippen molar-refractivity contribution in [2.24, 2.45) is 0 Å². The molecule has 4 rings (SSSR count). The number of hydrogen-bond acceptors (Lipinski definition) is 6. The average Bonchev–Trinajstić information content (AvgIpc) is 3.38. The molecule has 3 aromatic heterocycles. The molecule has 0 saturated heterocycles. The van der Waals surface area contributed by atoms with Crippen LogP contribution >= 0.6 is 11.3 Å². The van der Waals surface area contributed by atoms with Crippen molar-refractivity contribution < 1.29 is 23.1 Å². The molecular weight excluding hydrogens is 476 g/mol. The minimum absolute atomic E-state index is 0.213. The van der Waals surface area contributed by atoms with Crippen LogP contribution in [-0.2, 0) is 4.74 Å². The minimum atomic E-state index is -3.19. The Labute approximate surface area is 205 Å². The van der Waals surface area contributed by atoms with Crippen molar-refractivity contribution in [3.05, 3.63) is 46.9 Å². The lowest BCUT2D eigenvalue weighted by Gasteiger charge is -2.38. The molecule has 186 valence electrons. The fourth-order valence-corrected chi connectivity index (χ4v) is 5.01. The van der Waals surface area contributed by atoms with Gasteiger partial charge in [0.2, 0.25) is 0 Å². The van der Waals surface area contributed by atoms with Gasteiger partial charge in [-0.25, -0.2) is 23.1 Å². The van der Waals surface area contributed by atoms with E-state index in [-0.39, 0.29) is 17.7 Å². The topological polar surface area (TPSA) is 97.6 Å². The number of ether oxygens (including phenoxy) is 1. The molecule has 0 radical (unpaired) electrons. The number of rotatable bonds is 5. The Balaban J connectivity index is 1.58. The molecule has 2 N–H and O–H groups in total. The second kappa shape index (κ2) is 9.37. The summed E-state index contributed by atoms with van der Waals surface area (Å²) in [5.41, 5.74) is 1.17. The van der Waals surface area contributed by atoms with E-state index in [0.717, 1.165) is 11.3 Å². The Morgan fingerprint density at radius 3 is 2.83 bits per heavy atom. The molecule has 1 saturated carbocycles. The zero-order chi connectivity index (χ0) is 25.4. The van der Waals surface area contributed by atoms with Gasteiger partial charge in [0.1, 0.15) is 11.6 Å². The maximum Gasteiger partial charge on any atom is 0.407 e. The molecule has 3 aromatic rings. The van der Waals surface area contributed by atoms with Gasteiger partial charge in [-0.2, -0.15) is 5.10 Å². The van der Waals surface area contributed by atoms with E-state index in [0.29, 0.717) is 28.2 Å². The normalized spacial score (nSPS) is 19.8. The number of amides is 2. The minimum Gasteiger partial charge on any atom is -0.444 e. The fourth-order valence-electron chi connectivity index (χ4n) is 4.09. The SMILES string of the molecule is C=Cc1sc(C(=O)N[C@@H]2[C@H](NC(=O)OC(C)(C)C)CCCC2(F)F)cc1-c1cnc2cccnn12. The van der Waals surface area contributed by atoms with Gasteiger partial charge in [-0.1, -0.05) is 12.7 Å². The van der Waals surface area contributed by atoms with Crippen LogP contribution < -0.4 is 10.6 Å². The molecular formula is C24H27F2N5O3S. The predicted octanol–water partition coefficient (Wildman–Crippen LogP) is 4.91. The van der Waals surface area contributed by atoms with Gasteiger partial charge in [0.15, 0.2) is 5.65 Å². The summed E-state index contributed by atoms with van der Waals surface area (Å²) in [6.07, 6.45) is 4.18. The van der Waals surface area contributed by atoms with Crippen molar-refractivity contribution in [1.29, 1.82) is 0 Å². The Kier molecular flexibility index (Phi) is 6.63. The van der Waals surface area contributed by atoms with Crippen LogP contribution in [0, 0.1) is 0 Å². The second-order valence-corrected chi connectivity index (χ2v) is 10.5. The quantitative estimate of drug-likeness (QED) is 0.516. The van der Waals surface area contributed by atoms with Gasteiger partial charge >= 0.3 is 6.09 Å². The maximum atomic E-state index is 14.9. The summed E-state index contributed by atoms with van der Waals surface area (Å²) in [7, 11) is 0. The Bertz CT molecular complexity index is 1260. The van der Waals surface area contributed by atoms with Gasteiger partial charge in [-0.15, -0.1) is 11.3 Å². The molecule has 1 fully saturated rings. The highest BCUT2D eigenvalue weighted by molar-refractivity contribution is 7.15. The molecule has 3 heterocycles. The van der Waals surface area contributed by atoms with Crippen LogP contribution in [0.5, 0.6) is 0 Å². The molecule has 1 aliphatic rings. The third-order valence-electron chi connectivity index (χ3n) is 5.60. The van der Waals surface area contributed by atoms with E-state index in [1.165, 1.54) is 0 Å². The average molecular weight is 504 g/mol. The highest BCUT2D eigenvalue weighted by atomic mass is 32.1. The molecule has 1 aliphatic carbocycles. The highest BCUT2D eigenvalue weighted by Gasteiger charge is 2.48. The van der Waals surface area contributed by atoms with Crippen molar-refractivity contribution in [2.75, 3.05) is 0 Å². The lowest BCUT2D eigenvalue weighted by Crippen LogP contribution is -2.62. The molecule has 8 nitrogen and oxygen atoms in total. The second-order valence-electron chi connectivity index (χ2n) is 9.39. The van der Waals surface area contributed by atoms with Gasteiger partial charge in [0.25, 0.3) is 11.8 Å². The summed E-state index contributed by atoms with van der Waals surface area (Å²) in [5, 5.41) is 9.28. The predicted molar refractivity (Wildman–Crippen MR) is 130 cm³/mol. The van der Waals surface area contributed by atoms with Crippen LogP contribution in [0.4, 0.5) is 13.6 Å². The van der Waals surface area contributed by atoms with Gasteiger partial charge in [-0.05, 0) is 51.8 Å². The van der Waals surface area contributed by atoms with Gasteiger partial charge in [-0.3, -0.25) is 4.79 Å². The van der Waals surface area contributed by atoms with Crippen LogP contribution in [-0.4, -0.2) is 50.2 Å².